The molecule has 4 heteroatoms. The van der Waals surface area contributed by atoms with Crippen molar-refractivity contribution in [2.24, 2.45) is 5.73 Å². The average molecular weight is 249 g/mol. The number of ether oxygens (including phenoxy) is 1. The quantitative estimate of drug-likeness (QED) is 0.907. The Bertz CT molecular complexity index is 529. The van der Waals surface area contributed by atoms with Crippen LogP contribution in [0.5, 0.6) is 11.6 Å². The van der Waals surface area contributed by atoms with Crippen LogP contribution in [0.1, 0.15) is 11.1 Å². The van der Waals surface area contributed by atoms with Crippen LogP contribution in [0.4, 0.5) is 0 Å². The third-order valence-electron chi connectivity index (χ3n) is 2.37. The maximum absolute atomic E-state index is 6.01. The first kappa shape index (κ1) is 11.9. The Kier molecular flexibility index (Phi) is 3.61. The molecule has 0 atom stereocenters. The first-order valence-electron chi connectivity index (χ1n) is 5.28. The lowest BCUT2D eigenvalue weighted by Crippen LogP contribution is -1.99. The van der Waals surface area contributed by atoms with E-state index in [1.54, 1.807) is 18.3 Å². The van der Waals surface area contributed by atoms with Crippen LogP contribution in [0.2, 0.25) is 5.02 Å². The third-order valence-corrected chi connectivity index (χ3v) is 2.68. The Morgan fingerprint density at radius 3 is 2.76 bits per heavy atom. The summed E-state index contributed by atoms with van der Waals surface area (Å²) >= 11 is 6.01. The van der Waals surface area contributed by atoms with Crippen molar-refractivity contribution in [3.05, 3.63) is 52.7 Å². The molecule has 0 aliphatic rings. The summed E-state index contributed by atoms with van der Waals surface area (Å²) in [7, 11) is 0. The molecule has 3 nitrogen and oxygen atoms in total. The van der Waals surface area contributed by atoms with Crippen molar-refractivity contribution in [3.63, 3.8) is 0 Å². The summed E-state index contributed by atoms with van der Waals surface area (Å²) < 4.78 is 5.66. The molecule has 88 valence electrons. The van der Waals surface area contributed by atoms with Crippen molar-refractivity contribution in [3.8, 4) is 11.6 Å². The van der Waals surface area contributed by atoms with Crippen molar-refractivity contribution in [2.75, 3.05) is 0 Å². The number of nitrogens with two attached hydrogens (primary N) is 1. The molecule has 1 aromatic heterocycles. The number of aryl methyl sites for hydroxylation is 1. The van der Waals surface area contributed by atoms with Gasteiger partial charge in [-0.3, -0.25) is 0 Å². The van der Waals surface area contributed by atoms with Crippen molar-refractivity contribution in [2.45, 2.75) is 13.5 Å². The number of hydrogen-bond acceptors (Lipinski definition) is 3. The van der Waals surface area contributed by atoms with Crippen molar-refractivity contribution < 1.29 is 4.74 Å². The van der Waals surface area contributed by atoms with Gasteiger partial charge < -0.3 is 10.5 Å². The van der Waals surface area contributed by atoms with E-state index in [4.69, 9.17) is 22.1 Å². The van der Waals surface area contributed by atoms with Gasteiger partial charge in [0.05, 0.1) is 5.02 Å². The molecular formula is C13H13ClN2O. The maximum Gasteiger partial charge on any atom is 0.222 e. The fraction of sp³-hybridized carbons (Fsp3) is 0.154. The van der Waals surface area contributed by atoms with Crippen molar-refractivity contribution >= 4 is 11.6 Å². The van der Waals surface area contributed by atoms with E-state index in [0.29, 0.717) is 23.2 Å². The average Bonchev–Trinajstić information content (AvgIpc) is 2.34. The zero-order valence-electron chi connectivity index (χ0n) is 9.48. The highest BCUT2D eigenvalue weighted by molar-refractivity contribution is 6.32. The van der Waals surface area contributed by atoms with Gasteiger partial charge in [-0.25, -0.2) is 4.98 Å². The molecular weight excluding hydrogens is 236 g/mol. The van der Waals surface area contributed by atoms with Crippen LogP contribution >= 0.6 is 11.6 Å². The normalized spacial score (nSPS) is 10.3. The summed E-state index contributed by atoms with van der Waals surface area (Å²) in [5.41, 5.74) is 7.46. The lowest BCUT2D eigenvalue weighted by Gasteiger charge is -2.09. The number of pyridine rings is 1. The van der Waals surface area contributed by atoms with Gasteiger partial charge in [0.2, 0.25) is 5.88 Å². The van der Waals surface area contributed by atoms with Crippen molar-refractivity contribution in [1.82, 2.24) is 4.98 Å². The van der Waals surface area contributed by atoms with E-state index in [1.807, 2.05) is 25.1 Å². The van der Waals surface area contributed by atoms with E-state index in [9.17, 15) is 0 Å². The number of para-hydroxylation sites is 1. The molecule has 0 radical (unpaired) electrons. The highest BCUT2D eigenvalue weighted by Gasteiger charge is 2.06. The lowest BCUT2D eigenvalue weighted by atomic mass is 10.2. The van der Waals surface area contributed by atoms with Gasteiger partial charge >= 0.3 is 0 Å². The minimum atomic E-state index is 0.472. The predicted octanol–water partition coefficient (Wildman–Crippen LogP) is 3.29. The molecule has 0 saturated heterocycles. The second-order valence-electron chi connectivity index (χ2n) is 3.70. The SMILES string of the molecule is Cc1cc(CN)cnc1Oc1ccccc1Cl. The molecule has 17 heavy (non-hydrogen) atoms. The van der Waals surface area contributed by atoms with Crippen LogP contribution in [0, 0.1) is 6.92 Å². The van der Waals surface area contributed by atoms with E-state index in [2.05, 4.69) is 4.98 Å². The molecule has 1 aromatic carbocycles. The number of hydrogen-bond donors (Lipinski definition) is 1. The molecule has 0 amide bonds. The van der Waals surface area contributed by atoms with Crippen molar-refractivity contribution in [1.29, 1.82) is 0 Å². The highest BCUT2D eigenvalue weighted by Crippen LogP contribution is 2.29. The van der Waals surface area contributed by atoms with E-state index in [1.165, 1.54) is 0 Å². The molecule has 2 aromatic rings. The first-order chi connectivity index (χ1) is 8.20. The van der Waals surface area contributed by atoms with Gasteiger partial charge in [-0.15, -0.1) is 0 Å². The van der Waals surface area contributed by atoms with Gasteiger partial charge in [-0.05, 0) is 30.7 Å². The molecule has 0 aliphatic heterocycles. The monoisotopic (exact) mass is 248 g/mol. The van der Waals surface area contributed by atoms with E-state index >= 15 is 0 Å². The first-order valence-corrected chi connectivity index (χ1v) is 5.66. The van der Waals surface area contributed by atoms with Crippen LogP contribution in [0.3, 0.4) is 0 Å². The van der Waals surface area contributed by atoms with Gasteiger partial charge in [-0.1, -0.05) is 23.7 Å². The Hall–Kier alpha value is -1.58. The summed E-state index contributed by atoms with van der Waals surface area (Å²) in [6, 6.07) is 9.26. The summed E-state index contributed by atoms with van der Waals surface area (Å²) in [6.45, 7) is 2.40. The summed E-state index contributed by atoms with van der Waals surface area (Å²) in [5.74, 6) is 1.15. The lowest BCUT2D eigenvalue weighted by molar-refractivity contribution is 0.458. The summed E-state index contributed by atoms with van der Waals surface area (Å²) in [4.78, 5) is 4.22. The van der Waals surface area contributed by atoms with E-state index in [-0.39, 0.29) is 0 Å². The Balaban J connectivity index is 2.28. The molecule has 0 unspecified atom stereocenters. The molecule has 1 heterocycles. The largest absolute Gasteiger partial charge is 0.437 e. The summed E-state index contributed by atoms with van der Waals surface area (Å²) in [5, 5.41) is 0.566. The van der Waals surface area contributed by atoms with Gasteiger partial charge in [0.1, 0.15) is 5.75 Å². The third kappa shape index (κ3) is 2.75. The van der Waals surface area contributed by atoms with Crippen LogP contribution in [0.25, 0.3) is 0 Å². The maximum atomic E-state index is 6.01. The van der Waals surface area contributed by atoms with Gasteiger partial charge in [-0.2, -0.15) is 0 Å². The number of nitrogens with zero attached hydrogens (tertiary/aromatic N) is 1. The second-order valence-corrected chi connectivity index (χ2v) is 4.11. The fourth-order valence-electron chi connectivity index (χ4n) is 1.47. The van der Waals surface area contributed by atoms with Crippen LogP contribution < -0.4 is 10.5 Å². The number of aromatic nitrogens is 1. The van der Waals surface area contributed by atoms with Crippen LogP contribution in [0.15, 0.2) is 36.5 Å². The molecule has 2 rings (SSSR count). The van der Waals surface area contributed by atoms with Gasteiger partial charge in [0.15, 0.2) is 0 Å². The van der Waals surface area contributed by atoms with Crippen LogP contribution in [-0.4, -0.2) is 4.98 Å². The molecule has 0 bridgehead atoms. The van der Waals surface area contributed by atoms with E-state index in [0.717, 1.165) is 11.1 Å². The smallest absolute Gasteiger partial charge is 0.222 e. The van der Waals surface area contributed by atoms with E-state index < -0.39 is 0 Å². The minimum absolute atomic E-state index is 0.472. The zero-order chi connectivity index (χ0) is 12.3. The summed E-state index contributed by atoms with van der Waals surface area (Å²) in [6.07, 6.45) is 1.71. The number of rotatable bonds is 3. The molecule has 2 N–H and O–H groups in total. The Morgan fingerprint density at radius 1 is 1.35 bits per heavy atom. The zero-order valence-corrected chi connectivity index (χ0v) is 10.2. The topological polar surface area (TPSA) is 48.1 Å². The van der Waals surface area contributed by atoms with Crippen LogP contribution in [-0.2, 0) is 6.54 Å². The predicted molar refractivity (Wildman–Crippen MR) is 68.4 cm³/mol. The fourth-order valence-corrected chi connectivity index (χ4v) is 1.64. The minimum Gasteiger partial charge on any atom is -0.437 e. The van der Waals surface area contributed by atoms with Gasteiger partial charge in [0, 0.05) is 18.3 Å². The molecule has 0 aliphatic carbocycles. The number of benzene rings is 1. The Morgan fingerprint density at radius 2 is 2.12 bits per heavy atom. The molecule has 0 saturated carbocycles. The molecule has 0 fully saturated rings. The standard InChI is InChI=1S/C13H13ClN2O/c1-9-6-10(7-15)8-16-13(9)17-12-5-3-2-4-11(12)14/h2-6,8H,7,15H2,1H3. The Labute approximate surface area is 105 Å². The second kappa shape index (κ2) is 5.17. The van der Waals surface area contributed by atoms with Gasteiger partial charge in [0.25, 0.3) is 0 Å². The highest BCUT2D eigenvalue weighted by atomic mass is 35.5. The number of halogens is 1. The molecule has 0 spiro atoms.